The third-order valence-electron chi connectivity index (χ3n) is 5.43. The van der Waals surface area contributed by atoms with Crippen LogP contribution in [0, 0.1) is 0 Å². The first-order valence-electron chi connectivity index (χ1n) is 9.82. The Morgan fingerprint density at radius 1 is 0.920 bits per heavy atom. The van der Waals surface area contributed by atoms with Gasteiger partial charge >= 0.3 is 0 Å². The Kier molecular flexibility index (Phi) is 6.05. The van der Waals surface area contributed by atoms with Gasteiger partial charge in [-0.25, -0.2) is 0 Å². The van der Waals surface area contributed by atoms with Crippen LogP contribution in [-0.4, -0.2) is 11.5 Å². The van der Waals surface area contributed by atoms with Gasteiger partial charge in [-0.15, -0.1) is 0 Å². The zero-order valence-electron chi connectivity index (χ0n) is 15.3. The molecule has 0 saturated carbocycles. The smallest absolute Gasteiger partial charge is 0.0909 e. The lowest BCUT2D eigenvalue weighted by atomic mass is 9.82. The van der Waals surface area contributed by atoms with Crippen LogP contribution in [0.2, 0.25) is 0 Å². The van der Waals surface area contributed by atoms with E-state index in [4.69, 9.17) is 22.2 Å². The van der Waals surface area contributed by atoms with Crippen LogP contribution >= 0.6 is 0 Å². The molecular weight excluding hydrogens is 308 g/mol. The first-order chi connectivity index (χ1) is 12.1. The number of para-hydroxylation sites is 1. The highest BCUT2D eigenvalue weighted by atomic mass is 15.0. The Bertz CT molecular complexity index is 708. The van der Waals surface area contributed by atoms with E-state index in [0.717, 1.165) is 55.1 Å². The van der Waals surface area contributed by atoms with Gasteiger partial charge in [0.15, 0.2) is 0 Å². The molecule has 0 radical (unpaired) electrons. The topological polar surface area (TPSA) is 91.0 Å². The van der Waals surface area contributed by atoms with E-state index in [9.17, 15) is 0 Å². The second kappa shape index (κ2) is 8.26. The van der Waals surface area contributed by atoms with Crippen molar-refractivity contribution in [3.05, 3.63) is 41.1 Å². The van der Waals surface area contributed by atoms with Gasteiger partial charge in [-0.2, -0.15) is 0 Å². The number of fused-ring (bicyclic) bond motifs is 2. The Morgan fingerprint density at radius 3 is 2.48 bits per heavy atom. The number of nitrogens with zero attached hydrogens (tertiary/aromatic N) is 1. The first-order valence-corrected chi connectivity index (χ1v) is 9.82. The van der Waals surface area contributed by atoms with Gasteiger partial charge in [0.1, 0.15) is 0 Å². The van der Waals surface area contributed by atoms with Gasteiger partial charge in [0.05, 0.1) is 11.2 Å². The van der Waals surface area contributed by atoms with Crippen LogP contribution in [0.25, 0.3) is 10.9 Å². The summed E-state index contributed by atoms with van der Waals surface area (Å²) in [6, 6.07) is 8.31. The third-order valence-corrected chi connectivity index (χ3v) is 5.43. The lowest BCUT2D eigenvalue weighted by Crippen LogP contribution is -2.47. The van der Waals surface area contributed by atoms with Crippen molar-refractivity contribution in [3.8, 4) is 0 Å². The maximum absolute atomic E-state index is 6.70. The van der Waals surface area contributed by atoms with Crippen molar-refractivity contribution in [2.24, 2.45) is 17.2 Å². The standard InChI is InChI=1S/C21H32N4/c22-15-9-3-1-2-8-14-21(23,24)20-16-10-4-6-12-18(16)25-19-13-7-5-11-17(19)20/h4,6,10,12H,1-3,5,7-9,11,13-15,22-24H2. The van der Waals surface area contributed by atoms with Gasteiger partial charge in [-0.05, 0) is 63.1 Å². The number of pyridine rings is 1. The minimum Gasteiger partial charge on any atom is -0.330 e. The maximum atomic E-state index is 6.70. The number of unbranched alkanes of at least 4 members (excludes halogenated alkanes) is 4. The van der Waals surface area contributed by atoms with Crippen molar-refractivity contribution >= 4 is 10.9 Å². The van der Waals surface area contributed by atoms with Gasteiger partial charge in [-0.3, -0.25) is 4.98 Å². The Balaban J connectivity index is 1.85. The molecule has 1 aliphatic carbocycles. The Hall–Kier alpha value is -1.49. The predicted octanol–water partition coefficient (Wildman–Crippen LogP) is 3.48. The number of rotatable bonds is 8. The van der Waals surface area contributed by atoms with Gasteiger partial charge in [0.2, 0.25) is 0 Å². The Labute approximate surface area is 151 Å². The number of aryl methyl sites for hydroxylation is 1. The van der Waals surface area contributed by atoms with Gasteiger partial charge in [0, 0.05) is 16.6 Å². The molecule has 1 aromatic carbocycles. The molecule has 0 bridgehead atoms. The molecule has 0 amide bonds. The molecule has 0 aliphatic heterocycles. The van der Waals surface area contributed by atoms with E-state index in [1.165, 1.54) is 43.4 Å². The van der Waals surface area contributed by atoms with Crippen molar-refractivity contribution in [3.63, 3.8) is 0 Å². The molecule has 4 heteroatoms. The van der Waals surface area contributed by atoms with Crippen LogP contribution in [0.3, 0.4) is 0 Å². The molecule has 136 valence electrons. The molecule has 4 nitrogen and oxygen atoms in total. The molecule has 0 saturated heterocycles. The molecule has 2 aromatic rings. The summed E-state index contributed by atoms with van der Waals surface area (Å²) in [7, 11) is 0. The van der Waals surface area contributed by atoms with Gasteiger partial charge < -0.3 is 17.2 Å². The number of benzene rings is 1. The molecule has 0 spiro atoms. The van der Waals surface area contributed by atoms with Gasteiger partial charge in [-0.1, -0.05) is 37.5 Å². The summed E-state index contributed by atoms with van der Waals surface area (Å²) < 4.78 is 0. The summed E-state index contributed by atoms with van der Waals surface area (Å²) in [6.07, 6.45) is 11.1. The van der Waals surface area contributed by atoms with Crippen LogP contribution < -0.4 is 17.2 Å². The first kappa shape index (κ1) is 18.3. The summed E-state index contributed by atoms with van der Waals surface area (Å²) >= 11 is 0. The molecule has 1 heterocycles. The predicted molar refractivity (Wildman–Crippen MR) is 105 cm³/mol. The summed E-state index contributed by atoms with van der Waals surface area (Å²) in [5.74, 6) is 0. The number of aromatic nitrogens is 1. The highest BCUT2D eigenvalue weighted by Crippen LogP contribution is 2.35. The second-order valence-corrected chi connectivity index (χ2v) is 7.48. The van der Waals surface area contributed by atoms with E-state index in [1.54, 1.807) is 0 Å². The fourth-order valence-electron chi connectivity index (χ4n) is 4.12. The van der Waals surface area contributed by atoms with E-state index in [2.05, 4.69) is 18.2 Å². The normalized spacial score (nSPS) is 14.7. The van der Waals surface area contributed by atoms with E-state index >= 15 is 0 Å². The fourth-order valence-corrected chi connectivity index (χ4v) is 4.12. The highest BCUT2D eigenvalue weighted by molar-refractivity contribution is 5.85. The van der Waals surface area contributed by atoms with Crippen LogP contribution in [0.1, 0.15) is 68.2 Å². The molecule has 25 heavy (non-hydrogen) atoms. The number of nitrogens with two attached hydrogens (primary N) is 3. The van der Waals surface area contributed by atoms with Crippen molar-refractivity contribution in [2.45, 2.75) is 69.9 Å². The largest absolute Gasteiger partial charge is 0.330 e. The minimum atomic E-state index is -0.780. The van der Waals surface area contributed by atoms with E-state index in [1.807, 2.05) is 6.07 Å². The summed E-state index contributed by atoms with van der Waals surface area (Å²) in [6.45, 7) is 0.785. The fraction of sp³-hybridized carbons (Fsp3) is 0.571. The van der Waals surface area contributed by atoms with Crippen molar-refractivity contribution in [1.29, 1.82) is 0 Å². The van der Waals surface area contributed by atoms with E-state index < -0.39 is 5.66 Å². The van der Waals surface area contributed by atoms with Crippen molar-refractivity contribution in [1.82, 2.24) is 4.98 Å². The quantitative estimate of drug-likeness (QED) is 0.507. The van der Waals surface area contributed by atoms with Crippen LogP contribution in [0.5, 0.6) is 0 Å². The maximum Gasteiger partial charge on any atom is 0.0909 e. The zero-order valence-corrected chi connectivity index (χ0v) is 15.3. The SMILES string of the molecule is NCCCCCCCC(N)(N)c1c2c(nc3ccccc13)CCCC2. The average molecular weight is 341 g/mol. The molecule has 3 rings (SSSR count). The summed E-state index contributed by atoms with van der Waals surface area (Å²) in [5.41, 5.74) is 22.9. The molecular formula is C21H32N4. The van der Waals surface area contributed by atoms with Gasteiger partial charge in [0.25, 0.3) is 0 Å². The summed E-state index contributed by atoms with van der Waals surface area (Å²) in [5, 5.41) is 1.14. The molecule has 6 N–H and O–H groups in total. The van der Waals surface area contributed by atoms with E-state index in [0.29, 0.717) is 0 Å². The van der Waals surface area contributed by atoms with E-state index in [-0.39, 0.29) is 0 Å². The molecule has 1 aliphatic rings. The highest BCUT2D eigenvalue weighted by Gasteiger charge is 2.30. The zero-order chi connectivity index (χ0) is 17.7. The monoisotopic (exact) mass is 340 g/mol. The average Bonchev–Trinajstić information content (AvgIpc) is 2.62. The lowest BCUT2D eigenvalue weighted by molar-refractivity contribution is 0.397. The molecule has 0 atom stereocenters. The van der Waals surface area contributed by atoms with Crippen LogP contribution in [0.4, 0.5) is 0 Å². The molecule has 1 aromatic heterocycles. The third kappa shape index (κ3) is 4.20. The van der Waals surface area contributed by atoms with Crippen molar-refractivity contribution < 1.29 is 0 Å². The lowest BCUT2D eigenvalue weighted by Gasteiger charge is -2.31. The number of hydrogen-bond acceptors (Lipinski definition) is 4. The van der Waals surface area contributed by atoms with Crippen molar-refractivity contribution in [2.75, 3.05) is 6.54 Å². The number of hydrogen-bond donors (Lipinski definition) is 3. The van der Waals surface area contributed by atoms with Crippen LogP contribution in [-0.2, 0) is 18.5 Å². The summed E-state index contributed by atoms with van der Waals surface area (Å²) in [4.78, 5) is 4.90. The molecule has 0 fully saturated rings. The second-order valence-electron chi connectivity index (χ2n) is 7.48. The molecule has 0 unspecified atom stereocenters. The van der Waals surface area contributed by atoms with Crippen LogP contribution in [0.15, 0.2) is 24.3 Å². The minimum absolute atomic E-state index is 0.780. The Morgan fingerprint density at radius 2 is 1.64 bits per heavy atom.